The van der Waals surface area contributed by atoms with E-state index in [-0.39, 0.29) is 11.9 Å². The fourth-order valence-corrected chi connectivity index (χ4v) is 1.63. The summed E-state index contributed by atoms with van der Waals surface area (Å²) < 4.78 is 5.83. The van der Waals surface area contributed by atoms with Crippen LogP contribution in [-0.4, -0.2) is 11.9 Å². The SMILES string of the molecule is C=C(C(C)C)C(CCCC)O/C(C)=C/C(C)=O. The van der Waals surface area contributed by atoms with Crippen LogP contribution in [0.3, 0.4) is 0 Å². The third-order valence-electron chi connectivity index (χ3n) is 2.71. The molecule has 0 amide bonds. The molecule has 0 aromatic rings. The molecule has 0 N–H and O–H groups in total. The van der Waals surface area contributed by atoms with Gasteiger partial charge in [0.05, 0.1) is 5.76 Å². The van der Waals surface area contributed by atoms with Crippen LogP contribution in [0, 0.1) is 5.92 Å². The highest BCUT2D eigenvalue weighted by molar-refractivity contribution is 5.87. The van der Waals surface area contributed by atoms with Gasteiger partial charge in [-0.3, -0.25) is 4.79 Å². The third kappa shape index (κ3) is 6.98. The van der Waals surface area contributed by atoms with Crippen molar-refractivity contribution < 1.29 is 9.53 Å². The van der Waals surface area contributed by atoms with Gasteiger partial charge in [0.2, 0.25) is 0 Å². The van der Waals surface area contributed by atoms with Gasteiger partial charge in [-0.15, -0.1) is 0 Å². The number of carbonyl (C=O) groups is 1. The van der Waals surface area contributed by atoms with Crippen LogP contribution in [0.2, 0.25) is 0 Å². The Morgan fingerprint density at radius 1 is 1.35 bits per heavy atom. The number of unbranched alkanes of at least 4 members (excludes halogenated alkanes) is 1. The molecule has 1 atom stereocenters. The van der Waals surface area contributed by atoms with Gasteiger partial charge in [0.15, 0.2) is 5.78 Å². The highest BCUT2D eigenvalue weighted by atomic mass is 16.5. The first-order valence-corrected chi connectivity index (χ1v) is 6.42. The minimum absolute atomic E-state index is 0.0203. The predicted octanol–water partition coefficient (Wildman–Crippen LogP) is 4.27. The van der Waals surface area contributed by atoms with Crippen LogP contribution in [0.1, 0.15) is 53.9 Å². The van der Waals surface area contributed by atoms with Crippen molar-refractivity contribution in [2.24, 2.45) is 5.92 Å². The van der Waals surface area contributed by atoms with Crippen molar-refractivity contribution in [2.75, 3.05) is 0 Å². The average Bonchev–Trinajstić information content (AvgIpc) is 2.21. The van der Waals surface area contributed by atoms with Crippen LogP contribution >= 0.6 is 0 Å². The summed E-state index contributed by atoms with van der Waals surface area (Å²) in [7, 11) is 0. The molecule has 0 fully saturated rings. The molecule has 0 bridgehead atoms. The zero-order valence-corrected chi connectivity index (χ0v) is 11.9. The van der Waals surface area contributed by atoms with E-state index in [0.717, 1.165) is 24.8 Å². The van der Waals surface area contributed by atoms with Gasteiger partial charge >= 0.3 is 0 Å². The predicted molar refractivity (Wildman–Crippen MR) is 72.8 cm³/mol. The molecule has 1 unspecified atom stereocenters. The Labute approximate surface area is 106 Å². The lowest BCUT2D eigenvalue weighted by molar-refractivity contribution is -0.112. The first-order chi connectivity index (χ1) is 7.88. The maximum atomic E-state index is 11.0. The Balaban J connectivity index is 4.58. The fourth-order valence-electron chi connectivity index (χ4n) is 1.63. The van der Waals surface area contributed by atoms with Gasteiger partial charge in [0.25, 0.3) is 0 Å². The molecule has 0 aliphatic heterocycles. The Kier molecular flexibility index (Phi) is 7.60. The lowest BCUT2D eigenvalue weighted by Crippen LogP contribution is -2.18. The molecule has 0 heterocycles. The van der Waals surface area contributed by atoms with E-state index in [1.807, 2.05) is 6.92 Å². The first-order valence-electron chi connectivity index (χ1n) is 6.42. The van der Waals surface area contributed by atoms with Crippen molar-refractivity contribution >= 4 is 5.78 Å². The molecule has 0 aromatic carbocycles. The van der Waals surface area contributed by atoms with Crippen molar-refractivity contribution in [2.45, 2.75) is 60.0 Å². The van der Waals surface area contributed by atoms with Crippen LogP contribution in [0.15, 0.2) is 24.0 Å². The Hall–Kier alpha value is -1.05. The van der Waals surface area contributed by atoms with E-state index >= 15 is 0 Å². The normalized spacial score (nSPS) is 13.6. The number of ether oxygens (including phenoxy) is 1. The Morgan fingerprint density at radius 3 is 2.35 bits per heavy atom. The second-order valence-corrected chi connectivity index (χ2v) is 4.84. The second-order valence-electron chi connectivity index (χ2n) is 4.84. The van der Waals surface area contributed by atoms with Gasteiger partial charge in [-0.25, -0.2) is 0 Å². The topological polar surface area (TPSA) is 26.3 Å². The molecule has 0 aromatic heterocycles. The largest absolute Gasteiger partial charge is 0.491 e. The van der Waals surface area contributed by atoms with Crippen molar-refractivity contribution in [1.82, 2.24) is 0 Å². The second kappa shape index (κ2) is 8.10. The summed E-state index contributed by atoms with van der Waals surface area (Å²) >= 11 is 0. The molecule has 0 rings (SSSR count). The highest BCUT2D eigenvalue weighted by Gasteiger charge is 2.16. The van der Waals surface area contributed by atoms with E-state index in [1.54, 1.807) is 0 Å². The number of hydrogen-bond donors (Lipinski definition) is 0. The number of allylic oxidation sites excluding steroid dienone is 2. The molecule has 0 spiro atoms. The highest BCUT2D eigenvalue weighted by Crippen LogP contribution is 2.22. The zero-order valence-electron chi connectivity index (χ0n) is 11.9. The van der Waals surface area contributed by atoms with E-state index in [4.69, 9.17) is 4.74 Å². The number of hydrogen-bond acceptors (Lipinski definition) is 2. The van der Waals surface area contributed by atoms with Gasteiger partial charge in [-0.05, 0) is 38.2 Å². The van der Waals surface area contributed by atoms with E-state index < -0.39 is 0 Å². The van der Waals surface area contributed by atoms with Gasteiger partial charge < -0.3 is 4.74 Å². The van der Waals surface area contributed by atoms with Crippen LogP contribution < -0.4 is 0 Å². The summed E-state index contributed by atoms with van der Waals surface area (Å²) in [5.41, 5.74) is 1.11. The first kappa shape index (κ1) is 16.0. The summed E-state index contributed by atoms with van der Waals surface area (Å²) in [6.07, 6.45) is 4.79. The molecule has 0 radical (unpaired) electrons. The molecule has 0 aliphatic rings. The molecule has 0 aliphatic carbocycles. The molecule has 2 nitrogen and oxygen atoms in total. The smallest absolute Gasteiger partial charge is 0.155 e. The van der Waals surface area contributed by atoms with E-state index in [0.29, 0.717) is 11.7 Å². The average molecular weight is 238 g/mol. The van der Waals surface area contributed by atoms with Crippen LogP contribution in [0.5, 0.6) is 0 Å². The molecular weight excluding hydrogens is 212 g/mol. The van der Waals surface area contributed by atoms with Crippen molar-refractivity contribution in [3.05, 3.63) is 24.0 Å². The van der Waals surface area contributed by atoms with Crippen LogP contribution in [-0.2, 0) is 9.53 Å². The minimum Gasteiger partial charge on any atom is -0.491 e. The zero-order chi connectivity index (χ0) is 13.4. The van der Waals surface area contributed by atoms with Gasteiger partial charge in [-0.1, -0.05) is 33.8 Å². The number of rotatable bonds is 8. The van der Waals surface area contributed by atoms with Crippen molar-refractivity contribution in [3.8, 4) is 0 Å². The molecular formula is C15H26O2. The summed E-state index contributed by atoms with van der Waals surface area (Å²) in [6.45, 7) is 13.9. The van der Waals surface area contributed by atoms with Crippen molar-refractivity contribution in [3.63, 3.8) is 0 Å². The van der Waals surface area contributed by atoms with Crippen LogP contribution in [0.4, 0.5) is 0 Å². The standard InChI is InChI=1S/C15H26O2/c1-7-8-9-15(14(6)11(2)3)17-13(5)10-12(4)16/h10-11,15H,6-9H2,1-5H3/b13-10+. The summed E-state index contributed by atoms with van der Waals surface area (Å²) in [6, 6.07) is 0. The van der Waals surface area contributed by atoms with E-state index in [9.17, 15) is 4.79 Å². The molecule has 17 heavy (non-hydrogen) atoms. The lowest BCUT2D eigenvalue weighted by atomic mass is 9.96. The monoisotopic (exact) mass is 238 g/mol. The van der Waals surface area contributed by atoms with Crippen molar-refractivity contribution in [1.29, 1.82) is 0 Å². The maximum absolute atomic E-state index is 11.0. The maximum Gasteiger partial charge on any atom is 0.155 e. The number of carbonyl (C=O) groups excluding carboxylic acids is 1. The third-order valence-corrected chi connectivity index (χ3v) is 2.71. The van der Waals surface area contributed by atoms with Crippen LogP contribution in [0.25, 0.3) is 0 Å². The van der Waals surface area contributed by atoms with E-state index in [2.05, 4.69) is 27.4 Å². The van der Waals surface area contributed by atoms with Gasteiger partial charge in [0.1, 0.15) is 6.10 Å². The lowest BCUT2D eigenvalue weighted by Gasteiger charge is -2.24. The molecule has 0 saturated heterocycles. The Bertz CT molecular complexity index is 287. The quantitative estimate of drug-likeness (QED) is 0.358. The summed E-state index contributed by atoms with van der Waals surface area (Å²) in [5, 5.41) is 0. The molecule has 0 saturated carbocycles. The summed E-state index contributed by atoms with van der Waals surface area (Å²) in [5.74, 6) is 1.11. The Morgan fingerprint density at radius 2 is 1.94 bits per heavy atom. The van der Waals surface area contributed by atoms with Gasteiger partial charge in [0, 0.05) is 6.08 Å². The summed E-state index contributed by atoms with van der Waals surface area (Å²) in [4.78, 5) is 11.0. The fraction of sp³-hybridized carbons (Fsp3) is 0.667. The minimum atomic E-state index is 0.0203. The van der Waals surface area contributed by atoms with Gasteiger partial charge in [-0.2, -0.15) is 0 Å². The molecule has 2 heteroatoms. The number of ketones is 1. The molecule has 98 valence electrons. The van der Waals surface area contributed by atoms with E-state index in [1.165, 1.54) is 13.0 Å².